The number of hydrogen-bond donors (Lipinski definition) is 0. The van der Waals surface area contributed by atoms with E-state index in [9.17, 15) is 0 Å². The van der Waals surface area contributed by atoms with Crippen LogP contribution in [0, 0.1) is 0 Å². The zero-order valence-electron chi connectivity index (χ0n) is 9.60. The second kappa shape index (κ2) is 5.46. The summed E-state index contributed by atoms with van der Waals surface area (Å²) in [6.45, 7) is 4.56. The summed E-state index contributed by atoms with van der Waals surface area (Å²) in [6, 6.07) is 0. The molecule has 0 fully saturated rings. The van der Waals surface area contributed by atoms with Crippen LogP contribution in [0.15, 0.2) is 42.0 Å². The van der Waals surface area contributed by atoms with Crippen molar-refractivity contribution < 1.29 is 34.2 Å². The number of allylic oxidation sites excluding steroid dienone is 8. The SMILES string of the molecule is CC1=[C]([Zr+]([CH3])[C]2=C(C)C=CC2)CC=C1.[Cl-]. The minimum Gasteiger partial charge on any atom is -1.00 e. The van der Waals surface area contributed by atoms with Gasteiger partial charge in [0.1, 0.15) is 0 Å². The van der Waals surface area contributed by atoms with E-state index in [0.29, 0.717) is 0 Å². The van der Waals surface area contributed by atoms with Crippen molar-refractivity contribution in [2.75, 3.05) is 0 Å². The van der Waals surface area contributed by atoms with Gasteiger partial charge in [-0.1, -0.05) is 0 Å². The van der Waals surface area contributed by atoms with E-state index < -0.39 is 21.8 Å². The van der Waals surface area contributed by atoms with E-state index in [0.717, 1.165) is 0 Å². The molecule has 0 aromatic heterocycles. The smallest absolute Gasteiger partial charge is 1.00 e. The van der Waals surface area contributed by atoms with Gasteiger partial charge in [0.25, 0.3) is 0 Å². The molecular formula is C13H17ClZr. The zero-order valence-corrected chi connectivity index (χ0v) is 12.8. The third-order valence-corrected chi connectivity index (χ3v) is 10.6. The van der Waals surface area contributed by atoms with E-state index in [2.05, 4.69) is 42.8 Å². The van der Waals surface area contributed by atoms with Crippen molar-refractivity contribution in [3.63, 3.8) is 0 Å². The van der Waals surface area contributed by atoms with Gasteiger partial charge in [0.2, 0.25) is 0 Å². The van der Waals surface area contributed by atoms with Gasteiger partial charge in [0, 0.05) is 0 Å². The monoisotopic (exact) mass is 298 g/mol. The molecule has 0 atom stereocenters. The maximum Gasteiger partial charge on any atom is -1.00 e. The van der Waals surface area contributed by atoms with Crippen molar-refractivity contribution in [1.29, 1.82) is 0 Å². The first-order chi connectivity index (χ1) is 6.70. The maximum absolute atomic E-state index is 2.54. The van der Waals surface area contributed by atoms with Gasteiger partial charge in [0.05, 0.1) is 0 Å². The molecule has 0 heterocycles. The fourth-order valence-electron chi connectivity index (χ4n) is 2.31. The van der Waals surface area contributed by atoms with Crippen LogP contribution in [-0.4, -0.2) is 0 Å². The maximum atomic E-state index is 2.54. The molecule has 0 aliphatic heterocycles. The molecule has 0 spiro atoms. The molecule has 15 heavy (non-hydrogen) atoms. The standard InChI is InChI=1S/2C6H7.CH3.ClH.Zr/c2*1-6-4-2-3-5-6;;;/h2*2,4H,3H2,1H3;1H3;1H;/q;;;;+1/p-1. The van der Waals surface area contributed by atoms with E-state index in [1.165, 1.54) is 12.8 Å². The Kier molecular flexibility index (Phi) is 4.80. The Labute approximate surface area is 107 Å². The van der Waals surface area contributed by atoms with Crippen LogP contribution in [0.4, 0.5) is 0 Å². The molecule has 80 valence electrons. The van der Waals surface area contributed by atoms with E-state index in [-0.39, 0.29) is 12.4 Å². The molecule has 0 aromatic carbocycles. The number of hydrogen-bond acceptors (Lipinski definition) is 0. The Morgan fingerprint density at radius 1 is 0.933 bits per heavy atom. The van der Waals surface area contributed by atoms with Crippen molar-refractivity contribution in [1.82, 2.24) is 0 Å². The molecule has 0 saturated heterocycles. The van der Waals surface area contributed by atoms with Crippen LogP contribution in [0.25, 0.3) is 0 Å². The molecule has 0 amide bonds. The summed E-state index contributed by atoms with van der Waals surface area (Å²) in [7, 11) is 0. The Hall–Kier alpha value is 0.133. The Balaban J connectivity index is 0.00000112. The molecule has 0 radical (unpaired) electrons. The van der Waals surface area contributed by atoms with Gasteiger partial charge in [0.15, 0.2) is 0 Å². The summed E-state index contributed by atoms with van der Waals surface area (Å²) in [6.07, 6.45) is 11.7. The predicted molar refractivity (Wildman–Crippen MR) is 58.8 cm³/mol. The molecule has 0 N–H and O–H groups in total. The largest absolute Gasteiger partial charge is 1.00 e. The van der Waals surface area contributed by atoms with E-state index in [1.807, 2.05) is 6.56 Å². The third kappa shape index (κ3) is 2.63. The molecule has 0 saturated carbocycles. The molecule has 2 aliphatic carbocycles. The fourth-order valence-corrected chi connectivity index (χ4v) is 8.61. The van der Waals surface area contributed by atoms with Crippen molar-refractivity contribution in [3.8, 4) is 0 Å². The van der Waals surface area contributed by atoms with Crippen LogP contribution in [0.1, 0.15) is 26.7 Å². The summed E-state index contributed by atoms with van der Waals surface area (Å²) >= 11 is -1.38. The van der Waals surface area contributed by atoms with Crippen LogP contribution in [0.2, 0.25) is 4.63 Å². The minimum absolute atomic E-state index is 0. The zero-order chi connectivity index (χ0) is 10.1. The van der Waals surface area contributed by atoms with Gasteiger partial charge in [-0.3, -0.25) is 0 Å². The average Bonchev–Trinajstić information content (AvgIpc) is 2.73. The van der Waals surface area contributed by atoms with Crippen LogP contribution in [-0.2, 0) is 21.8 Å². The minimum atomic E-state index is -1.38. The van der Waals surface area contributed by atoms with Crippen LogP contribution in [0.3, 0.4) is 0 Å². The molecular weight excluding hydrogens is 283 g/mol. The topological polar surface area (TPSA) is 0 Å². The molecule has 0 nitrogen and oxygen atoms in total. The third-order valence-electron chi connectivity index (χ3n) is 3.24. The summed E-state index contributed by atoms with van der Waals surface area (Å²) in [5.41, 5.74) is 3.13. The molecule has 2 aliphatic rings. The Bertz CT molecular complexity index is 336. The average molecular weight is 300 g/mol. The van der Waals surface area contributed by atoms with E-state index in [4.69, 9.17) is 0 Å². The fraction of sp³-hybridized carbons (Fsp3) is 0.385. The second-order valence-corrected chi connectivity index (χ2v) is 10.2. The summed E-state index contributed by atoms with van der Waals surface area (Å²) < 4.78 is 6.16. The van der Waals surface area contributed by atoms with Crippen LogP contribution in [0.5, 0.6) is 0 Å². The van der Waals surface area contributed by atoms with Crippen molar-refractivity contribution in [3.05, 3.63) is 42.0 Å². The summed E-state index contributed by atoms with van der Waals surface area (Å²) in [5.74, 6) is 0. The Morgan fingerprint density at radius 2 is 1.33 bits per heavy atom. The van der Waals surface area contributed by atoms with Crippen LogP contribution < -0.4 is 12.4 Å². The van der Waals surface area contributed by atoms with Crippen LogP contribution >= 0.6 is 0 Å². The van der Waals surface area contributed by atoms with Crippen molar-refractivity contribution in [2.45, 2.75) is 31.3 Å². The second-order valence-electron chi connectivity index (χ2n) is 4.16. The summed E-state index contributed by atoms with van der Waals surface area (Å²) in [4.78, 5) is 0. The quantitative estimate of drug-likeness (QED) is 0.717. The van der Waals surface area contributed by atoms with Gasteiger partial charge in [-0.2, -0.15) is 0 Å². The first-order valence-corrected chi connectivity index (χ1v) is 10.2. The molecule has 2 rings (SSSR count). The van der Waals surface area contributed by atoms with Gasteiger partial charge < -0.3 is 12.4 Å². The number of halogens is 1. The van der Waals surface area contributed by atoms with E-state index in [1.54, 1.807) is 11.1 Å². The first-order valence-electron chi connectivity index (χ1n) is 5.27. The van der Waals surface area contributed by atoms with Gasteiger partial charge in [-0.05, 0) is 0 Å². The normalized spacial score (nSPS) is 18.9. The van der Waals surface area contributed by atoms with Gasteiger partial charge in [-0.25, -0.2) is 0 Å². The van der Waals surface area contributed by atoms with E-state index >= 15 is 0 Å². The molecule has 0 unspecified atom stereocenters. The molecule has 0 aromatic rings. The Morgan fingerprint density at radius 3 is 1.60 bits per heavy atom. The molecule has 0 bridgehead atoms. The van der Waals surface area contributed by atoms with Crippen molar-refractivity contribution in [2.24, 2.45) is 0 Å². The summed E-state index contributed by atoms with van der Waals surface area (Å²) in [5, 5.41) is 0. The van der Waals surface area contributed by atoms with Gasteiger partial charge >= 0.3 is 95.1 Å². The molecule has 2 heteroatoms. The first kappa shape index (κ1) is 13.2. The van der Waals surface area contributed by atoms with Gasteiger partial charge in [-0.15, -0.1) is 0 Å². The van der Waals surface area contributed by atoms with Crippen molar-refractivity contribution >= 4 is 0 Å². The predicted octanol–water partition coefficient (Wildman–Crippen LogP) is 1.12. The number of rotatable bonds is 2.